The van der Waals surface area contributed by atoms with Gasteiger partial charge in [0.25, 0.3) is 5.56 Å². The highest BCUT2D eigenvalue weighted by Crippen LogP contribution is 2.47. The molecular formula is C22H17N3O4. The number of allylic oxidation sites excluding steroid dienone is 1. The van der Waals surface area contributed by atoms with Crippen LogP contribution in [0.25, 0.3) is 5.70 Å². The van der Waals surface area contributed by atoms with E-state index in [0.717, 1.165) is 11.1 Å². The lowest BCUT2D eigenvalue weighted by molar-refractivity contribution is 0.103. The number of Topliss-reactive ketones (excluding diaryl/α,β-unsaturated/α-hetero) is 1. The maximum Gasteiger partial charge on any atom is 0.329 e. The fraction of sp³-hybridized carbons (Fsp3) is 0.136. The van der Waals surface area contributed by atoms with Gasteiger partial charge in [0.2, 0.25) is 0 Å². The first kappa shape index (κ1) is 17.2. The van der Waals surface area contributed by atoms with Crippen molar-refractivity contribution >= 4 is 17.3 Å². The molecule has 0 amide bonds. The van der Waals surface area contributed by atoms with Crippen molar-refractivity contribution in [1.29, 1.82) is 0 Å². The quantitative estimate of drug-likeness (QED) is 0.704. The van der Waals surface area contributed by atoms with E-state index < -0.39 is 17.2 Å². The third-order valence-corrected chi connectivity index (χ3v) is 5.56. The number of methoxy groups -OCH3 is 1. The third kappa shape index (κ3) is 2.34. The second kappa shape index (κ2) is 6.07. The summed E-state index contributed by atoms with van der Waals surface area (Å²) in [7, 11) is 3.15. The number of carbonyl (C=O) groups is 1. The Kier molecular flexibility index (Phi) is 3.61. The highest BCUT2D eigenvalue weighted by atomic mass is 16.5. The SMILES string of the molecule is COc1cccc([C@@H]2C3=C(Nc4c2c(=O)[nH]c(=O)n4C)c2ccccc2C3=O)c1. The molecule has 7 heteroatoms. The molecule has 0 fully saturated rings. The summed E-state index contributed by atoms with van der Waals surface area (Å²) in [5, 5.41) is 3.19. The average Bonchev–Trinajstić information content (AvgIpc) is 3.03. The molecule has 0 radical (unpaired) electrons. The number of benzene rings is 2. The van der Waals surface area contributed by atoms with E-state index in [1.54, 1.807) is 26.3 Å². The number of anilines is 1. The van der Waals surface area contributed by atoms with Crippen molar-refractivity contribution in [1.82, 2.24) is 9.55 Å². The van der Waals surface area contributed by atoms with Crippen LogP contribution in [0.1, 0.15) is 33.0 Å². The average molecular weight is 387 g/mol. The second-order valence-corrected chi connectivity index (χ2v) is 7.08. The fourth-order valence-electron chi connectivity index (χ4n) is 4.19. The predicted molar refractivity (Wildman–Crippen MR) is 108 cm³/mol. The lowest BCUT2D eigenvalue weighted by atomic mass is 9.81. The number of ketones is 1. The van der Waals surface area contributed by atoms with Crippen LogP contribution in [0, 0.1) is 0 Å². The molecule has 1 atom stereocenters. The maximum absolute atomic E-state index is 13.3. The van der Waals surface area contributed by atoms with Gasteiger partial charge in [-0.2, -0.15) is 0 Å². The molecule has 1 aliphatic heterocycles. The molecule has 0 unspecified atom stereocenters. The van der Waals surface area contributed by atoms with E-state index in [2.05, 4.69) is 10.3 Å². The number of hydrogen-bond acceptors (Lipinski definition) is 5. The number of rotatable bonds is 2. The van der Waals surface area contributed by atoms with E-state index in [0.29, 0.717) is 34.0 Å². The van der Waals surface area contributed by atoms with Crippen molar-refractivity contribution < 1.29 is 9.53 Å². The number of H-pyrrole nitrogens is 1. The van der Waals surface area contributed by atoms with Gasteiger partial charge in [0.05, 0.1) is 18.4 Å². The normalized spacial score (nSPS) is 16.8. The van der Waals surface area contributed by atoms with Gasteiger partial charge in [0, 0.05) is 29.7 Å². The number of fused-ring (bicyclic) bond motifs is 3. The van der Waals surface area contributed by atoms with Crippen LogP contribution in [0.15, 0.2) is 63.7 Å². The fourth-order valence-corrected chi connectivity index (χ4v) is 4.19. The molecule has 2 heterocycles. The van der Waals surface area contributed by atoms with Crippen LogP contribution in [0.5, 0.6) is 5.75 Å². The molecule has 0 saturated heterocycles. The molecule has 5 rings (SSSR count). The van der Waals surface area contributed by atoms with E-state index in [1.807, 2.05) is 36.4 Å². The van der Waals surface area contributed by atoms with Crippen LogP contribution in [0.2, 0.25) is 0 Å². The summed E-state index contributed by atoms with van der Waals surface area (Å²) in [4.78, 5) is 40.8. The standard InChI is InChI=1S/C22H17N3O4/c1-25-20-17(21(27)24-22(25)28)15(11-6-5-7-12(10-11)29-2)16-18(23-20)13-8-3-4-9-14(13)19(16)26/h3-10,15,23H,1-2H3,(H,24,27,28)/t15-/m1/s1. The third-order valence-electron chi connectivity index (χ3n) is 5.56. The molecule has 2 N–H and O–H groups in total. The number of hydrogen-bond donors (Lipinski definition) is 2. The molecule has 144 valence electrons. The smallest absolute Gasteiger partial charge is 0.329 e. The Morgan fingerprint density at radius 1 is 1.00 bits per heavy atom. The number of ether oxygens (including phenoxy) is 1. The monoisotopic (exact) mass is 387 g/mol. The van der Waals surface area contributed by atoms with Gasteiger partial charge in [-0.3, -0.25) is 19.1 Å². The van der Waals surface area contributed by atoms with Gasteiger partial charge >= 0.3 is 5.69 Å². The first-order valence-electron chi connectivity index (χ1n) is 9.13. The molecule has 2 aliphatic rings. The molecule has 3 aromatic rings. The summed E-state index contributed by atoms with van der Waals surface area (Å²) in [5.74, 6) is 0.241. The van der Waals surface area contributed by atoms with Gasteiger partial charge in [-0.05, 0) is 17.7 Å². The highest BCUT2D eigenvalue weighted by molar-refractivity contribution is 6.23. The number of aromatic nitrogens is 2. The Morgan fingerprint density at radius 2 is 1.76 bits per heavy atom. The summed E-state index contributed by atoms with van der Waals surface area (Å²) < 4.78 is 6.71. The van der Waals surface area contributed by atoms with E-state index in [1.165, 1.54) is 4.57 Å². The van der Waals surface area contributed by atoms with Gasteiger partial charge < -0.3 is 10.1 Å². The lowest BCUT2D eigenvalue weighted by Crippen LogP contribution is -2.37. The highest BCUT2D eigenvalue weighted by Gasteiger charge is 2.42. The van der Waals surface area contributed by atoms with Crippen molar-refractivity contribution in [2.45, 2.75) is 5.92 Å². The van der Waals surface area contributed by atoms with E-state index in [-0.39, 0.29) is 5.78 Å². The van der Waals surface area contributed by atoms with Crippen molar-refractivity contribution in [2.24, 2.45) is 7.05 Å². The number of nitrogens with zero attached hydrogens (tertiary/aromatic N) is 1. The summed E-state index contributed by atoms with van der Waals surface area (Å²) in [6.45, 7) is 0. The molecule has 1 aromatic heterocycles. The van der Waals surface area contributed by atoms with E-state index in [4.69, 9.17) is 4.74 Å². The minimum absolute atomic E-state index is 0.130. The molecule has 29 heavy (non-hydrogen) atoms. The van der Waals surface area contributed by atoms with Crippen LogP contribution in [-0.4, -0.2) is 22.4 Å². The summed E-state index contributed by atoms with van der Waals surface area (Å²) in [6.07, 6.45) is 0. The first-order chi connectivity index (χ1) is 14.0. The van der Waals surface area contributed by atoms with Gasteiger partial charge in [-0.25, -0.2) is 4.79 Å². The number of carbonyl (C=O) groups excluding carboxylic acids is 1. The largest absolute Gasteiger partial charge is 0.497 e. The summed E-state index contributed by atoms with van der Waals surface area (Å²) in [5.41, 5.74) is 2.50. The van der Waals surface area contributed by atoms with E-state index in [9.17, 15) is 14.4 Å². The van der Waals surface area contributed by atoms with Crippen molar-refractivity contribution in [3.8, 4) is 5.75 Å². The zero-order chi connectivity index (χ0) is 20.3. The number of aromatic amines is 1. The van der Waals surface area contributed by atoms with Crippen LogP contribution in [-0.2, 0) is 7.05 Å². The van der Waals surface area contributed by atoms with Crippen molar-refractivity contribution in [3.63, 3.8) is 0 Å². The van der Waals surface area contributed by atoms with Crippen LogP contribution in [0.4, 0.5) is 5.82 Å². The minimum Gasteiger partial charge on any atom is -0.497 e. The molecule has 0 bridgehead atoms. The van der Waals surface area contributed by atoms with Gasteiger partial charge in [0.1, 0.15) is 11.6 Å². The zero-order valence-electron chi connectivity index (χ0n) is 15.8. The summed E-state index contributed by atoms with van der Waals surface area (Å²) >= 11 is 0. The lowest BCUT2D eigenvalue weighted by Gasteiger charge is -2.29. The molecular weight excluding hydrogens is 370 g/mol. The van der Waals surface area contributed by atoms with Crippen LogP contribution >= 0.6 is 0 Å². The number of nitrogens with one attached hydrogen (secondary N) is 2. The molecule has 0 spiro atoms. The Balaban J connectivity index is 1.86. The molecule has 1 aliphatic carbocycles. The molecule has 7 nitrogen and oxygen atoms in total. The molecule has 0 saturated carbocycles. The Hall–Kier alpha value is -3.87. The molecule has 2 aromatic carbocycles. The van der Waals surface area contributed by atoms with Gasteiger partial charge in [-0.15, -0.1) is 0 Å². The predicted octanol–water partition coefficient (Wildman–Crippen LogP) is 2.25. The Morgan fingerprint density at radius 3 is 2.52 bits per heavy atom. The van der Waals surface area contributed by atoms with Gasteiger partial charge in [-0.1, -0.05) is 36.4 Å². The zero-order valence-corrected chi connectivity index (χ0v) is 15.8. The Bertz CT molecular complexity index is 1350. The minimum atomic E-state index is -0.633. The maximum atomic E-state index is 13.3. The van der Waals surface area contributed by atoms with E-state index >= 15 is 0 Å². The van der Waals surface area contributed by atoms with Crippen molar-refractivity contribution in [2.75, 3.05) is 12.4 Å². The topological polar surface area (TPSA) is 93.2 Å². The van der Waals surface area contributed by atoms with Gasteiger partial charge in [0.15, 0.2) is 5.78 Å². The van der Waals surface area contributed by atoms with Crippen LogP contribution < -0.4 is 21.3 Å². The van der Waals surface area contributed by atoms with Crippen molar-refractivity contribution in [3.05, 3.63) is 97.2 Å². The summed E-state index contributed by atoms with van der Waals surface area (Å²) in [6, 6.07) is 14.6. The second-order valence-electron chi connectivity index (χ2n) is 7.08. The first-order valence-corrected chi connectivity index (χ1v) is 9.13. The Labute approximate surface area is 165 Å². The van der Waals surface area contributed by atoms with Crippen LogP contribution in [0.3, 0.4) is 0 Å².